The molecule has 0 spiro atoms. The molecule has 106 valence electrons. The second-order valence-corrected chi connectivity index (χ2v) is 5.90. The lowest BCUT2D eigenvalue weighted by atomic mass is 9.90. The van der Waals surface area contributed by atoms with Gasteiger partial charge in [0.2, 0.25) is 5.91 Å². The van der Waals surface area contributed by atoms with Crippen LogP contribution in [0.1, 0.15) is 38.4 Å². The van der Waals surface area contributed by atoms with E-state index in [-0.39, 0.29) is 11.4 Å². The van der Waals surface area contributed by atoms with E-state index < -0.39 is 0 Å². The van der Waals surface area contributed by atoms with E-state index >= 15 is 0 Å². The van der Waals surface area contributed by atoms with Crippen LogP contribution in [0.25, 0.3) is 0 Å². The minimum Gasteiger partial charge on any atom is -0.349 e. The Morgan fingerprint density at radius 3 is 2.63 bits per heavy atom. The Hall–Kier alpha value is -1.42. The number of amides is 1. The van der Waals surface area contributed by atoms with Gasteiger partial charge in [0.15, 0.2) is 0 Å². The van der Waals surface area contributed by atoms with Crippen LogP contribution in [-0.2, 0) is 11.2 Å². The molecular weight excluding hydrogens is 238 g/mol. The van der Waals surface area contributed by atoms with Crippen LogP contribution in [0.3, 0.4) is 0 Å². The van der Waals surface area contributed by atoms with Gasteiger partial charge in [-0.15, -0.1) is 0 Å². The fraction of sp³-hybridized carbons (Fsp3) is 0.600. The quantitative estimate of drug-likeness (QED) is 0.822. The average molecular weight is 263 g/mol. The number of nitrogens with zero attached hydrogens (tertiary/aromatic N) is 1. The van der Waals surface area contributed by atoms with Crippen molar-refractivity contribution in [3.8, 4) is 0 Å². The molecule has 0 aliphatic carbocycles. The van der Waals surface area contributed by atoms with Gasteiger partial charge in [-0.3, -0.25) is 9.78 Å². The molecule has 19 heavy (non-hydrogen) atoms. The number of carbonyl (C=O) groups excluding carboxylic acids is 1. The Morgan fingerprint density at radius 2 is 2.16 bits per heavy atom. The summed E-state index contributed by atoms with van der Waals surface area (Å²) in [6.45, 7) is 8.63. The van der Waals surface area contributed by atoms with Crippen LogP contribution in [0.15, 0.2) is 18.3 Å². The van der Waals surface area contributed by atoms with E-state index in [1.165, 1.54) is 0 Å². The molecule has 1 amide bonds. The van der Waals surface area contributed by atoms with Crippen molar-refractivity contribution in [2.45, 2.75) is 46.1 Å². The minimum absolute atomic E-state index is 0.000692. The normalized spacial score (nSPS) is 14.2. The van der Waals surface area contributed by atoms with E-state index in [2.05, 4.69) is 24.1 Å². The van der Waals surface area contributed by atoms with Crippen LogP contribution in [0.5, 0.6) is 0 Å². The molecule has 1 rings (SSSR count). The van der Waals surface area contributed by atoms with Gasteiger partial charge in [-0.1, -0.05) is 19.9 Å². The van der Waals surface area contributed by atoms with E-state index in [9.17, 15) is 4.79 Å². The highest BCUT2D eigenvalue weighted by Gasteiger charge is 2.25. The summed E-state index contributed by atoms with van der Waals surface area (Å²) in [5.74, 6) is 0.495. The van der Waals surface area contributed by atoms with E-state index in [0.29, 0.717) is 18.9 Å². The number of nitrogens with two attached hydrogens (primary N) is 1. The number of carbonyl (C=O) groups is 1. The van der Waals surface area contributed by atoms with E-state index in [1.54, 1.807) is 6.20 Å². The summed E-state index contributed by atoms with van der Waals surface area (Å²) >= 11 is 0. The number of hydrogen-bond donors (Lipinski definition) is 2. The molecule has 0 aliphatic heterocycles. The van der Waals surface area contributed by atoms with Crippen molar-refractivity contribution >= 4 is 5.91 Å². The summed E-state index contributed by atoms with van der Waals surface area (Å²) in [4.78, 5) is 16.3. The van der Waals surface area contributed by atoms with Crippen molar-refractivity contribution in [3.05, 3.63) is 29.6 Å². The fourth-order valence-corrected chi connectivity index (χ4v) is 2.26. The van der Waals surface area contributed by atoms with Crippen LogP contribution in [-0.4, -0.2) is 23.0 Å². The molecular formula is C15H25N3O. The van der Waals surface area contributed by atoms with Crippen LogP contribution in [0.2, 0.25) is 0 Å². The first kappa shape index (κ1) is 15.6. The van der Waals surface area contributed by atoms with Crippen LogP contribution in [0, 0.1) is 12.8 Å². The highest BCUT2D eigenvalue weighted by atomic mass is 16.1. The molecule has 0 saturated carbocycles. The predicted molar refractivity (Wildman–Crippen MR) is 77.7 cm³/mol. The maximum absolute atomic E-state index is 12.1. The smallest absolute Gasteiger partial charge is 0.224 e. The SMILES string of the molecule is Cc1ccc(CC(=O)NC(C)(CN)CC(C)C)cn1. The molecule has 1 aromatic rings. The van der Waals surface area contributed by atoms with Crippen LogP contribution >= 0.6 is 0 Å². The summed E-state index contributed by atoms with van der Waals surface area (Å²) in [5, 5.41) is 3.05. The molecule has 1 aromatic heterocycles. The molecule has 0 aliphatic rings. The second-order valence-electron chi connectivity index (χ2n) is 5.90. The Labute approximate surface area is 115 Å². The van der Waals surface area contributed by atoms with Crippen molar-refractivity contribution in [2.24, 2.45) is 11.7 Å². The van der Waals surface area contributed by atoms with E-state index in [1.807, 2.05) is 26.0 Å². The molecule has 0 bridgehead atoms. The zero-order valence-electron chi connectivity index (χ0n) is 12.4. The fourth-order valence-electron chi connectivity index (χ4n) is 2.26. The van der Waals surface area contributed by atoms with Gasteiger partial charge in [-0.2, -0.15) is 0 Å². The van der Waals surface area contributed by atoms with Crippen molar-refractivity contribution in [2.75, 3.05) is 6.54 Å². The lowest BCUT2D eigenvalue weighted by Crippen LogP contribution is -2.52. The maximum Gasteiger partial charge on any atom is 0.224 e. The molecule has 0 aromatic carbocycles. The number of aromatic nitrogens is 1. The first-order chi connectivity index (χ1) is 8.84. The molecule has 3 N–H and O–H groups in total. The molecule has 4 heteroatoms. The lowest BCUT2D eigenvalue weighted by Gasteiger charge is -2.31. The van der Waals surface area contributed by atoms with E-state index in [0.717, 1.165) is 17.7 Å². The van der Waals surface area contributed by atoms with Gasteiger partial charge in [0.05, 0.1) is 6.42 Å². The van der Waals surface area contributed by atoms with Crippen molar-refractivity contribution < 1.29 is 4.79 Å². The standard InChI is InChI=1S/C15H25N3O/c1-11(2)8-15(4,10-16)18-14(19)7-13-6-5-12(3)17-9-13/h5-6,9,11H,7-8,10,16H2,1-4H3,(H,18,19). The Balaban J connectivity index is 2.60. The van der Waals surface area contributed by atoms with Crippen LogP contribution in [0.4, 0.5) is 0 Å². The molecule has 0 radical (unpaired) electrons. The topological polar surface area (TPSA) is 68.0 Å². The highest BCUT2D eigenvalue weighted by Crippen LogP contribution is 2.15. The van der Waals surface area contributed by atoms with Gasteiger partial charge in [-0.25, -0.2) is 0 Å². The summed E-state index contributed by atoms with van der Waals surface area (Å²) in [6, 6.07) is 3.85. The molecule has 1 unspecified atom stereocenters. The highest BCUT2D eigenvalue weighted by molar-refractivity contribution is 5.79. The first-order valence-corrected chi connectivity index (χ1v) is 6.77. The van der Waals surface area contributed by atoms with E-state index in [4.69, 9.17) is 5.73 Å². The average Bonchev–Trinajstić information content (AvgIpc) is 2.31. The Kier molecular flexibility index (Phi) is 5.48. The van der Waals surface area contributed by atoms with Crippen molar-refractivity contribution in [3.63, 3.8) is 0 Å². The van der Waals surface area contributed by atoms with Crippen molar-refractivity contribution in [1.29, 1.82) is 0 Å². The maximum atomic E-state index is 12.1. The summed E-state index contributed by atoms with van der Waals surface area (Å²) in [6.07, 6.45) is 2.97. The number of aryl methyl sites for hydroxylation is 1. The monoisotopic (exact) mass is 263 g/mol. The molecule has 4 nitrogen and oxygen atoms in total. The third kappa shape index (κ3) is 5.39. The molecule has 0 fully saturated rings. The zero-order valence-corrected chi connectivity index (χ0v) is 12.4. The first-order valence-electron chi connectivity index (χ1n) is 6.77. The molecule has 0 saturated heterocycles. The number of pyridine rings is 1. The third-order valence-electron chi connectivity index (χ3n) is 3.09. The number of rotatable bonds is 6. The summed E-state index contributed by atoms with van der Waals surface area (Å²) in [7, 11) is 0. The predicted octanol–water partition coefficient (Wildman–Crippen LogP) is 1.81. The van der Waals surface area contributed by atoms with Gasteiger partial charge >= 0.3 is 0 Å². The van der Waals surface area contributed by atoms with Gasteiger partial charge in [-0.05, 0) is 37.8 Å². The lowest BCUT2D eigenvalue weighted by molar-refractivity contribution is -0.122. The zero-order chi connectivity index (χ0) is 14.5. The second kappa shape index (κ2) is 6.66. The van der Waals surface area contributed by atoms with Gasteiger partial charge < -0.3 is 11.1 Å². The summed E-state index contributed by atoms with van der Waals surface area (Å²) < 4.78 is 0. The minimum atomic E-state index is -0.330. The van der Waals surface area contributed by atoms with Gasteiger partial charge in [0, 0.05) is 24.0 Å². The Bertz CT molecular complexity index is 414. The largest absolute Gasteiger partial charge is 0.349 e. The summed E-state index contributed by atoms with van der Waals surface area (Å²) in [5.41, 5.74) is 7.34. The number of hydrogen-bond acceptors (Lipinski definition) is 3. The number of nitrogens with one attached hydrogen (secondary N) is 1. The Morgan fingerprint density at radius 1 is 1.47 bits per heavy atom. The third-order valence-corrected chi connectivity index (χ3v) is 3.09. The molecule has 1 atom stereocenters. The van der Waals surface area contributed by atoms with Crippen LogP contribution < -0.4 is 11.1 Å². The van der Waals surface area contributed by atoms with Gasteiger partial charge in [0.25, 0.3) is 0 Å². The van der Waals surface area contributed by atoms with Crippen molar-refractivity contribution in [1.82, 2.24) is 10.3 Å². The molecule has 1 heterocycles. The van der Waals surface area contributed by atoms with Gasteiger partial charge in [0.1, 0.15) is 0 Å².